The molecule has 2 atom stereocenters. The quantitative estimate of drug-likeness (QED) is 0.748. The molecule has 2 rings (SSSR count). The van der Waals surface area contributed by atoms with Crippen molar-refractivity contribution in [2.45, 2.75) is 19.1 Å². The van der Waals surface area contributed by atoms with Gasteiger partial charge in [-0.3, -0.25) is 4.79 Å². The lowest BCUT2D eigenvalue weighted by Crippen LogP contribution is -2.49. The minimum atomic E-state index is -3.55. The van der Waals surface area contributed by atoms with E-state index in [1.807, 2.05) is 5.38 Å². The number of nitrogens with zero attached hydrogens (tertiary/aromatic N) is 1. The molecule has 0 radical (unpaired) electrons. The molecule has 7 nitrogen and oxygen atoms in total. The Bertz CT molecular complexity index is 586. The lowest BCUT2D eigenvalue weighted by molar-refractivity contribution is -0.0108. The van der Waals surface area contributed by atoms with E-state index in [0.717, 1.165) is 0 Å². The highest BCUT2D eigenvalue weighted by Crippen LogP contribution is 2.15. The van der Waals surface area contributed by atoms with Crippen LogP contribution in [0, 0.1) is 0 Å². The zero-order valence-electron chi connectivity index (χ0n) is 12.3. The number of carbonyl (C=O) groups is 1. The van der Waals surface area contributed by atoms with Gasteiger partial charge in [0.1, 0.15) is 0 Å². The van der Waals surface area contributed by atoms with Crippen molar-refractivity contribution in [3.05, 3.63) is 22.4 Å². The van der Waals surface area contributed by atoms with Gasteiger partial charge in [-0.25, -0.2) is 13.1 Å². The number of aliphatic hydroxyl groups excluding tert-OH is 1. The molecule has 1 aliphatic rings. The fourth-order valence-electron chi connectivity index (χ4n) is 2.11. The van der Waals surface area contributed by atoms with Crippen molar-refractivity contribution in [3.8, 4) is 0 Å². The number of morpholine rings is 1. The normalized spacial score (nSPS) is 20.8. The van der Waals surface area contributed by atoms with Crippen molar-refractivity contribution in [3.63, 3.8) is 0 Å². The summed E-state index contributed by atoms with van der Waals surface area (Å²) in [5, 5.41) is 11.0. The van der Waals surface area contributed by atoms with E-state index in [9.17, 15) is 13.2 Å². The number of carbonyl (C=O) groups excluding carboxylic acids is 1. The fourth-order valence-corrected chi connectivity index (χ4v) is 4.11. The molecular formula is C13H20N2O5S2. The molecule has 0 spiro atoms. The molecule has 1 aromatic heterocycles. The van der Waals surface area contributed by atoms with Gasteiger partial charge in [0.2, 0.25) is 10.0 Å². The number of sulfonamides is 1. The molecule has 2 N–H and O–H groups in total. The largest absolute Gasteiger partial charge is 0.392 e. The molecule has 0 aliphatic carbocycles. The average molecular weight is 348 g/mol. The monoisotopic (exact) mass is 348 g/mol. The predicted octanol–water partition coefficient (Wildman–Crippen LogP) is -0.111. The zero-order chi connectivity index (χ0) is 16.2. The minimum Gasteiger partial charge on any atom is -0.392 e. The van der Waals surface area contributed by atoms with Crippen LogP contribution in [-0.4, -0.2) is 68.5 Å². The van der Waals surface area contributed by atoms with Crippen LogP contribution in [0.25, 0.3) is 0 Å². The molecule has 1 amide bonds. The maximum atomic E-state index is 12.3. The van der Waals surface area contributed by atoms with Crippen molar-refractivity contribution >= 4 is 27.3 Å². The number of aliphatic hydroxyl groups is 1. The third-order valence-corrected chi connectivity index (χ3v) is 5.44. The van der Waals surface area contributed by atoms with Gasteiger partial charge in [-0.1, -0.05) is 6.07 Å². The van der Waals surface area contributed by atoms with E-state index in [-0.39, 0.29) is 24.7 Å². The van der Waals surface area contributed by atoms with Crippen LogP contribution in [0.3, 0.4) is 0 Å². The molecule has 1 saturated heterocycles. The average Bonchev–Trinajstić information content (AvgIpc) is 2.98. The van der Waals surface area contributed by atoms with E-state index in [2.05, 4.69) is 4.72 Å². The smallest absolute Gasteiger partial charge is 0.264 e. The second kappa shape index (κ2) is 7.51. The number of rotatable bonds is 6. The molecule has 1 aliphatic heterocycles. The van der Waals surface area contributed by atoms with Gasteiger partial charge >= 0.3 is 0 Å². The molecule has 1 aromatic rings. The first-order chi connectivity index (χ1) is 10.4. The number of hydrogen-bond acceptors (Lipinski definition) is 6. The van der Waals surface area contributed by atoms with Gasteiger partial charge in [0, 0.05) is 19.6 Å². The third kappa shape index (κ3) is 5.03. The molecule has 0 bridgehead atoms. The van der Waals surface area contributed by atoms with Gasteiger partial charge in [-0.2, -0.15) is 0 Å². The Morgan fingerprint density at radius 1 is 1.64 bits per heavy atom. The first-order valence-corrected chi connectivity index (χ1v) is 9.50. The van der Waals surface area contributed by atoms with Crippen molar-refractivity contribution in [2.75, 3.05) is 32.0 Å². The standard InChI is InChI=1S/C13H20N2O5S2/c1-10(16)7-14-22(18,19)9-11-8-15(4-5-20-11)13(17)12-3-2-6-21-12/h2-3,6,10-11,14,16H,4-5,7-9H2,1H3/t10-,11-/m0/s1. The summed E-state index contributed by atoms with van der Waals surface area (Å²) in [5.74, 6) is -0.328. The molecule has 0 unspecified atom stereocenters. The summed E-state index contributed by atoms with van der Waals surface area (Å²) in [7, 11) is -3.55. The summed E-state index contributed by atoms with van der Waals surface area (Å²) >= 11 is 1.36. The van der Waals surface area contributed by atoms with E-state index in [1.54, 1.807) is 17.0 Å². The number of thiophene rings is 1. The highest BCUT2D eigenvalue weighted by Gasteiger charge is 2.29. The number of nitrogens with one attached hydrogen (secondary N) is 1. The third-order valence-electron chi connectivity index (χ3n) is 3.16. The number of ether oxygens (including phenoxy) is 1. The minimum absolute atomic E-state index is 0.0348. The van der Waals surface area contributed by atoms with Crippen LogP contribution in [0.4, 0.5) is 0 Å². The summed E-state index contributed by atoms with van der Waals surface area (Å²) in [6, 6.07) is 3.55. The summed E-state index contributed by atoms with van der Waals surface area (Å²) in [6.07, 6.45) is -1.32. The summed E-state index contributed by atoms with van der Waals surface area (Å²) in [6.45, 7) is 2.47. The van der Waals surface area contributed by atoms with Crippen molar-refractivity contribution < 1.29 is 23.1 Å². The maximum absolute atomic E-state index is 12.3. The fraction of sp³-hybridized carbons (Fsp3) is 0.615. The van der Waals surface area contributed by atoms with E-state index in [1.165, 1.54) is 18.3 Å². The summed E-state index contributed by atoms with van der Waals surface area (Å²) < 4.78 is 31.6. The van der Waals surface area contributed by atoms with Crippen LogP contribution in [0.15, 0.2) is 17.5 Å². The van der Waals surface area contributed by atoms with E-state index in [4.69, 9.17) is 9.84 Å². The predicted molar refractivity (Wildman–Crippen MR) is 83.4 cm³/mol. The molecule has 9 heteroatoms. The number of amides is 1. The van der Waals surface area contributed by atoms with Crippen molar-refractivity contribution in [2.24, 2.45) is 0 Å². The number of hydrogen-bond donors (Lipinski definition) is 2. The van der Waals surface area contributed by atoms with E-state index >= 15 is 0 Å². The van der Waals surface area contributed by atoms with Crippen LogP contribution >= 0.6 is 11.3 Å². The first-order valence-electron chi connectivity index (χ1n) is 6.97. The molecule has 0 saturated carbocycles. The van der Waals surface area contributed by atoms with Gasteiger partial charge in [0.25, 0.3) is 5.91 Å². The Labute approximate surface area is 133 Å². The maximum Gasteiger partial charge on any atom is 0.264 e. The van der Waals surface area contributed by atoms with Crippen LogP contribution in [0.5, 0.6) is 0 Å². The molecule has 1 fully saturated rings. The van der Waals surface area contributed by atoms with Crippen molar-refractivity contribution in [1.29, 1.82) is 0 Å². The van der Waals surface area contributed by atoms with Crippen LogP contribution in [0.1, 0.15) is 16.6 Å². The summed E-state index contributed by atoms with van der Waals surface area (Å²) in [5.41, 5.74) is 0. The van der Waals surface area contributed by atoms with Crippen LogP contribution in [0.2, 0.25) is 0 Å². The van der Waals surface area contributed by atoms with Crippen LogP contribution in [-0.2, 0) is 14.8 Å². The highest BCUT2D eigenvalue weighted by molar-refractivity contribution is 7.89. The van der Waals surface area contributed by atoms with Crippen LogP contribution < -0.4 is 4.72 Å². The second-order valence-corrected chi connectivity index (χ2v) is 8.00. The molecule has 124 valence electrons. The summed E-state index contributed by atoms with van der Waals surface area (Å²) in [4.78, 5) is 14.5. The SMILES string of the molecule is C[C@H](O)CNS(=O)(=O)C[C@@H]1CN(C(=O)c2cccs2)CCO1. The topological polar surface area (TPSA) is 95.9 Å². The lowest BCUT2D eigenvalue weighted by Gasteiger charge is -2.32. The highest BCUT2D eigenvalue weighted by atomic mass is 32.2. The van der Waals surface area contributed by atoms with E-state index < -0.39 is 22.2 Å². The molecule has 0 aromatic carbocycles. The Balaban J connectivity index is 1.92. The Morgan fingerprint density at radius 3 is 3.05 bits per heavy atom. The van der Waals surface area contributed by atoms with Gasteiger partial charge in [-0.05, 0) is 18.4 Å². The van der Waals surface area contributed by atoms with Crippen molar-refractivity contribution in [1.82, 2.24) is 9.62 Å². The second-order valence-electron chi connectivity index (χ2n) is 5.20. The van der Waals surface area contributed by atoms with Gasteiger partial charge in [0.15, 0.2) is 0 Å². The lowest BCUT2D eigenvalue weighted by atomic mass is 10.3. The Kier molecular flexibility index (Phi) is 5.93. The first kappa shape index (κ1) is 17.4. The van der Waals surface area contributed by atoms with E-state index in [0.29, 0.717) is 18.0 Å². The Morgan fingerprint density at radius 2 is 2.41 bits per heavy atom. The Hall–Kier alpha value is -1.00. The zero-order valence-corrected chi connectivity index (χ0v) is 13.9. The van der Waals surface area contributed by atoms with Gasteiger partial charge < -0.3 is 14.7 Å². The van der Waals surface area contributed by atoms with Gasteiger partial charge in [-0.15, -0.1) is 11.3 Å². The molecule has 2 heterocycles. The molecular weight excluding hydrogens is 328 g/mol. The van der Waals surface area contributed by atoms with Gasteiger partial charge in [0.05, 0.1) is 29.4 Å². The molecule has 22 heavy (non-hydrogen) atoms.